The van der Waals surface area contributed by atoms with Crippen molar-refractivity contribution < 1.29 is 24.2 Å². The number of fused-ring (bicyclic) bond motifs is 1. The second kappa shape index (κ2) is 12.8. The second-order valence-corrected chi connectivity index (χ2v) is 11.9. The van der Waals surface area contributed by atoms with Gasteiger partial charge < -0.3 is 25.8 Å². The van der Waals surface area contributed by atoms with E-state index in [2.05, 4.69) is 21.4 Å². The molecule has 0 spiro atoms. The van der Waals surface area contributed by atoms with Gasteiger partial charge in [-0.1, -0.05) is 59.6 Å². The number of nitrogens with zero attached hydrogens (tertiary/aromatic N) is 2. The summed E-state index contributed by atoms with van der Waals surface area (Å²) >= 11 is 13.8. The normalized spacial score (nSPS) is 21.0. The molecule has 0 unspecified atom stereocenters. The zero-order valence-corrected chi connectivity index (χ0v) is 26.1. The summed E-state index contributed by atoms with van der Waals surface area (Å²) < 4.78 is 5.71. The Morgan fingerprint density at radius 3 is 2.60 bits per heavy atom. The van der Waals surface area contributed by atoms with Crippen LogP contribution in [0.1, 0.15) is 30.0 Å². The van der Waals surface area contributed by atoms with Gasteiger partial charge in [-0.2, -0.15) is 0 Å². The number of aromatic nitrogens is 1. The Hall–Kier alpha value is -4.00. The standard InChI is InChI=1S/C32H32Cl2N6O5/c1-40-32(44)21(11-12-36-40)30(43)38-22-8-4-6-19(28(22)34)18-5-3-7-20(27(18)33)23-13-16-14-24(41)29(26(16)31(39-23)45-2)35-15-17-9-10-25(42)37-17/h3-8,11,13,17,24,29,35-36,41H,9-10,12,14-15H2,1-2H3,(H,37,42)(H,38,43)/t17-,24+,29-/m0/s1. The molecule has 0 radical (unpaired) electrons. The number of aliphatic hydroxyl groups excluding tert-OH is 1. The Balaban J connectivity index is 1.29. The number of rotatable bonds is 8. The van der Waals surface area contributed by atoms with Crippen LogP contribution in [0.5, 0.6) is 5.88 Å². The number of aliphatic hydroxyl groups is 1. The highest BCUT2D eigenvalue weighted by atomic mass is 35.5. The molecule has 45 heavy (non-hydrogen) atoms. The van der Waals surface area contributed by atoms with Crippen molar-refractivity contribution in [1.29, 1.82) is 0 Å². The average molecular weight is 652 g/mol. The smallest absolute Gasteiger partial charge is 0.273 e. The number of halogens is 2. The lowest BCUT2D eigenvalue weighted by Crippen LogP contribution is -2.46. The van der Waals surface area contributed by atoms with E-state index in [9.17, 15) is 19.5 Å². The number of anilines is 1. The lowest BCUT2D eigenvalue weighted by Gasteiger charge is -2.23. The summed E-state index contributed by atoms with van der Waals surface area (Å²) in [7, 11) is 3.08. The number of pyridine rings is 1. The number of hydrazine groups is 1. The molecular formula is C32H32Cl2N6O5. The first-order chi connectivity index (χ1) is 21.7. The van der Waals surface area contributed by atoms with Gasteiger partial charge in [0.15, 0.2) is 0 Å². The third kappa shape index (κ3) is 6.01. The molecule has 1 aromatic heterocycles. The van der Waals surface area contributed by atoms with Crippen molar-refractivity contribution in [3.63, 3.8) is 0 Å². The third-order valence-corrected chi connectivity index (χ3v) is 9.14. The topological polar surface area (TPSA) is 145 Å². The van der Waals surface area contributed by atoms with Crippen molar-refractivity contribution in [2.45, 2.75) is 37.5 Å². The number of hydrogen-bond donors (Lipinski definition) is 5. The van der Waals surface area contributed by atoms with Crippen LogP contribution in [0.25, 0.3) is 22.4 Å². The van der Waals surface area contributed by atoms with Crippen molar-refractivity contribution in [2.24, 2.45) is 0 Å². The van der Waals surface area contributed by atoms with Crippen molar-refractivity contribution in [2.75, 3.05) is 32.6 Å². The van der Waals surface area contributed by atoms with Gasteiger partial charge in [-0.3, -0.25) is 19.4 Å². The summed E-state index contributed by atoms with van der Waals surface area (Å²) in [5.74, 6) is -0.599. The molecule has 5 N–H and O–H groups in total. The molecule has 3 amide bonds. The van der Waals surface area contributed by atoms with Crippen LogP contribution in [-0.2, 0) is 20.8 Å². The number of benzene rings is 2. The molecule has 234 valence electrons. The van der Waals surface area contributed by atoms with E-state index in [0.29, 0.717) is 64.9 Å². The minimum atomic E-state index is -0.696. The SMILES string of the molecule is COc1nc(-c2cccc(-c3cccc(NC(=O)C4=CCNN(C)C4=O)c3Cl)c2Cl)cc2c1[C@@H](NC[C@@H]1CCC(=O)N1)[C@H](O)C2. The largest absolute Gasteiger partial charge is 0.481 e. The Morgan fingerprint density at radius 2 is 1.87 bits per heavy atom. The van der Waals surface area contributed by atoms with E-state index in [1.807, 2.05) is 24.3 Å². The zero-order chi connectivity index (χ0) is 31.8. The summed E-state index contributed by atoms with van der Waals surface area (Å²) in [6.45, 7) is 0.868. The quantitative estimate of drug-likeness (QED) is 0.233. The summed E-state index contributed by atoms with van der Waals surface area (Å²) in [6.07, 6.45) is 2.48. The second-order valence-electron chi connectivity index (χ2n) is 11.2. The fraction of sp³-hybridized carbons (Fsp3) is 0.312. The molecule has 3 aromatic rings. The van der Waals surface area contributed by atoms with E-state index in [1.54, 1.807) is 25.2 Å². The first-order valence-corrected chi connectivity index (χ1v) is 15.3. The molecule has 11 nitrogen and oxygen atoms in total. The van der Waals surface area contributed by atoms with E-state index in [4.69, 9.17) is 32.9 Å². The van der Waals surface area contributed by atoms with E-state index < -0.39 is 24.0 Å². The Morgan fingerprint density at radius 1 is 1.13 bits per heavy atom. The number of methoxy groups -OCH3 is 1. The van der Waals surface area contributed by atoms with Gasteiger partial charge in [-0.25, -0.2) is 10.4 Å². The lowest BCUT2D eigenvalue weighted by molar-refractivity contribution is -0.131. The summed E-state index contributed by atoms with van der Waals surface area (Å²) in [6, 6.07) is 12.2. The Bertz CT molecular complexity index is 1730. The van der Waals surface area contributed by atoms with E-state index in [1.165, 1.54) is 18.2 Å². The van der Waals surface area contributed by atoms with Gasteiger partial charge in [0.25, 0.3) is 11.8 Å². The number of hydrogen-bond acceptors (Lipinski definition) is 8. The van der Waals surface area contributed by atoms with Crippen LogP contribution in [0.3, 0.4) is 0 Å². The zero-order valence-electron chi connectivity index (χ0n) is 24.6. The molecule has 0 bridgehead atoms. The highest BCUT2D eigenvalue weighted by Crippen LogP contribution is 2.44. The van der Waals surface area contributed by atoms with Gasteiger partial charge in [0.1, 0.15) is 5.57 Å². The molecule has 0 saturated carbocycles. The van der Waals surface area contributed by atoms with Crippen LogP contribution in [0.15, 0.2) is 54.1 Å². The van der Waals surface area contributed by atoms with E-state index in [0.717, 1.165) is 17.5 Å². The highest BCUT2D eigenvalue weighted by Gasteiger charge is 2.36. The van der Waals surface area contributed by atoms with Gasteiger partial charge in [-0.05, 0) is 24.1 Å². The first-order valence-electron chi connectivity index (χ1n) is 14.6. The maximum absolute atomic E-state index is 13.0. The van der Waals surface area contributed by atoms with Crippen molar-refractivity contribution >= 4 is 46.6 Å². The van der Waals surface area contributed by atoms with Gasteiger partial charge in [0.05, 0.1) is 40.7 Å². The van der Waals surface area contributed by atoms with Crippen LogP contribution in [0, 0.1) is 0 Å². The summed E-state index contributed by atoms with van der Waals surface area (Å²) in [5, 5.41) is 22.0. The van der Waals surface area contributed by atoms with Crippen LogP contribution >= 0.6 is 23.2 Å². The number of ether oxygens (including phenoxy) is 1. The van der Waals surface area contributed by atoms with Crippen molar-refractivity contribution in [3.05, 3.63) is 75.3 Å². The fourth-order valence-corrected chi connectivity index (χ4v) is 6.63. The van der Waals surface area contributed by atoms with Crippen molar-refractivity contribution in [1.82, 2.24) is 26.1 Å². The predicted molar refractivity (Wildman–Crippen MR) is 171 cm³/mol. The number of likely N-dealkylation sites (N-methyl/N-ethyl adjacent to an activating group) is 1. The van der Waals surface area contributed by atoms with Gasteiger partial charge in [0.2, 0.25) is 11.8 Å². The van der Waals surface area contributed by atoms with E-state index in [-0.39, 0.29) is 22.5 Å². The molecule has 1 saturated heterocycles. The minimum Gasteiger partial charge on any atom is -0.481 e. The Labute approximate surface area is 269 Å². The molecule has 1 aliphatic carbocycles. The maximum Gasteiger partial charge on any atom is 0.273 e. The van der Waals surface area contributed by atoms with Crippen molar-refractivity contribution in [3.8, 4) is 28.3 Å². The van der Waals surface area contributed by atoms with Gasteiger partial charge >= 0.3 is 0 Å². The predicted octanol–water partition coefficient (Wildman–Crippen LogP) is 3.40. The molecule has 13 heteroatoms. The lowest BCUT2D eigenvalue weighted by atomic mass is 9.99. The maximum atomic E-state index is 13.0. The molecule has 3 atom stereocenters. The van der Waals surface area contributed by atoms with Gasteiger partial charge in [0, 0.05) is 61.3 Å². The molecular weight excluding hydrogens is 619 g/mol. The van der Waals surface area contributed by atoms with Crippen LogP contribution in [0.2, 0.25) is 10.0 Å². The number of carbonyl (C=O) groups is 3. The first kappa shape index (κ1) is 31.0. The van der Waals surface area contributed by atoms with Gasteiger partial charge in [-0.15, -0.1) is 0 Å². The fourth-order valence-electron chi connectivity index (χ4n) is 6.03. The summed E-state index contributed by atoms with van der Waals surface area (Å²) in [5.41, 5.74) is 7.24. The third-order valence-electron chi connectivity index (χ3n) is 8.32. The number of carbonyl (C=O) groups excluding carboxylic acids is 3. The molecule has 6 rings (SSSR count). The molecule has 3 aliphatic rings. The van der Waals surface area contributed by atoms with E-state index >= 15 is 0 Å². The highest BCUT2D eigenvalue weighted by molar-refractivity contribution is 6.40. The molecule has 3 heterocycles. The van der Waals surface area contributed by atoms with Crippen LogP contribution in [0.4, 0.5) is 5.69 Å². The number of nitrogens with one attached hydrogen (secondary N) is 4. The average Bonchev–Trinajstić information content (AvgIpc) is 3.59. The monoisotopic (exact) mass is 650 g/mol. The number of amides is 3. The summed E-state index contributed by atoms with van der Waals surface area (Å²) in [4.78, 5) is 41.8. The minimum absolute atomic E-state index is 0.0120. The Kier molecular flexibility index (Phi) is 8.80. The van der Waals surface area contributed by atoms with Crippen LogP contribution < -0.4 is 26.1 Å². The molecule has 2 aromatic carbocycles. The molecule has 2 aliphatic heterocycles. The van der Waals surface area contributed by atoms with Crippen LogP contribution in [-0.4, -0.2) is 72.2 Å². The molecule has 1 fully saturated rings.